The zero-order valence-electron chi connectivity index (χ0n) is 15.2. The first kappa shape index (κ1) is 17.9. The molecule has 1 aromatic heterocycles. The predicted octanol–water partition coefficient (Wildman–Crippen LogP) is 2.78. The van der Waals surface area contributed by atoms with E-state index < -0.39 is 5.82 Å². The second-order valence-electron chi connectivity index (χ2n) is 6.56. The summed E-state index contributed by atoms with van der Waals surface area (Å²) in [6.45, 7) is 0.615. The minimum absolute atomic E-state index is 0.173. The number of benzene rings is 2. The van der Waals surface area contributed by atoms with Gasteiger partial charge in [0, 0.05) is 24.1 Å². The molecule has 4 rings (SSSR count). The highest BCUT2D eigenvalue weighted by Crippen LogP contribution is 2.23. The lowest BCUT2D eigenvalue weighted by Gasteiger charge is -2.28. The van der Waals surface area contributed by atoms with Crippen molar-refractivity contribution in [3.8, 4) is 17.1 Å². The summed E-state index contributed by atoms with van der Waals surface area (Å²) >= 11 is 0. The van der Waals surface area contributed by atoms with Crippen LogP contribution in [-0.2, 0) is 13.0 Å². The third-order valence-electron chi connectivity index (χ3n) is 4.79. The van der Waals surface area contributed by atoms with Crippen LogP contribution in [0.1, 0.15) is 21.6 Å². The molecule has 0 saturated heterocycles. The van der Waals surface area contributed by atoms with E-state index in [-0.39, 0.29) is 18.0 Å². The third-order valence-corrected chi connectivity index (χ3v) is 4.79. The van der Waals surface area contributed by atoms with E-state index in [2.05, 4.69) is 9.97 Å². The SMILES string of the molecule is COc1cccc(-c2nc3c(c(=O)[nH]2)CN(C(=O)c2ccc(F)cc2)CC3)c1. The Kier molecular flexibility index (Phi) is 4.65. The van der Waals surface area contributed by atoms with E-state index >= 15 is 0 Å². The quantitative estimate of drug-likeness (QED) is 0.759. The molecule has 0 spiro atoms. The molecular weight excluding hydrogens is 361 g/mol. The van der Waals surface area contributed by atoms with Crippen molar-refractivity contribution < 1.29 is 13.9 Å². The first-order valence-electron chi connectivity index (χ1n) is 8.86. The van der Waals surface area contributed by atoms with Gasteiger partial charge in [-0.2, -0.15) is 0 Å². The number of carbonyl (C=O) groups is 1. The lowest BCUT2D eigenvalue weighted by Crippen LogP contribution is -2.39. The molecule has 2 aromatic carbocycles. The Morgan fingerprint density at radius 1 is 1.21 bits per heavy atom. The highest BCUT2D eigenvalue weighted by molar-refractivity contribution is 5.94. The highest BCUT2D eigenvalue weighted by atomic mass is 19.1. The zero-order valence-corrected chi connectivity index (χ0v) is 15.2. The highest BCUT2D eigenvalue weighted by Gasteiger charge is 2.25. The molecule has 7 heteroatoms. The molecule has 1 N–H and O–H groups in total. The van der Waals surface area contributed by atoms with Gasteiger partial charge in [-0.1, -0.05) is 12.1 Å². The van der Waals surface area contributed by atoms with Crippen molar-refractivity contribution in [2.24, 2.45) is 0 Å². The van der Waals surface area contributed by atoms with Gasteiger partial charge in [0.05, 0.1) is 24.9 Å². The molecule has 1 amide bonds. The second kappa shape index (κ2) is 7.26. The summed E-state index contributed by atoms with van der Waals surface area (Å²) in [5, 5.41) is 0. The van der Waals surface area contributed by atoms with Gasteiger partial charge in [-0.3, -0.25) is 9.59 Å². The first-order valence-corrected chi connectivity index (χ1v) is 8.86. The monoisotopic (exact) mass is 379 g/mol. The predicted molar refractivity (Wildman–Crippen MR) is 102 cm³/mol. The van der Waals surface area contributed by atoms with E-state index in [1.807, 2.05) is 18.2 Å². The smallest absolute Gasteiger partial charge is 0.256 e. The molecule has 3 aromatic rings. The maximum absolute atomic E-state index is 13.1. The number of carbonyl (C=O) groups excluding carboxylic acids is 1. The van der Waals surface area contributed by atoms with Crippen molar-refractivity contribution in [1.29, 1.82) is 0 Å². The molecule has 0 atom stereocenters. The molecular formula is C21H18FN3O3. The summed E-state index contributed by atoms with van der Waals surface area (Å²) in [6, 6.07) is 12.7. The van der Waals surface area contributed by atoms with Gasteiger partial charge in [0.25, 0.3) is 11.5 Å². The number of fused-ring (bicyclic) bond motifs is 1. The number of rotatable bonds is 3. The normalized spacial score (nSPS) is 13.1. The largest absolute Gasteiger partial charge is 0.497 e. The fraction of sp³-hybridized carbons (Fsp3) is 0.190. The van der Waals surface area contributed by atoms with Gasteiger partial charge < -0.3 is 14.6 Å². The molecule has 28 heavy (non-hydrogen) atoms. The number of amides is 1. The number of aromatic amines is 1. The minimum Gasteiger partial charge on any atom is -0.497 e. The van der Waals surface area contributed by atoms with Crippen LogP contribution in [0.5, 0.6) is 5.75 Å². The molecule has 0 radical (unpaired) electrons. The van der Waals surface area contributed by atoms with Crippen LogP contribution in [0.3, 0.4) is 0 Å². The molecule has 1 aliphatic rings. The summed E-state index contributed by atoms with van der Waals surface area (Å²) in [6.07, 6.45) is 0.475. The third kappa shape index (κ3) is 3.38. The Morgan fingerprint density at radius 2 is 2.00 bits per heavy atom. The van der Waals surface area contributed by atoms with Crippen LogP contribution < -0.4 is 10.3 Å². The Bertz CT molecular complexity index is 1090. The lowest BCUT2D eigenvalue weighted by atomic mass is 10.0. The Labute approximate surface area is 160 Å². The summed E-state index contributed by atoms with van der Waals surface area (Å²) < 4.78 is 18.3. The Hall–Kier alpha value is -3.48. The molecule has 2 heterocycles. The number of hydrogen-bond acceptors (Lipinski definition) is 4. The van der Waals surface area contributed by atoms with E-state index in [9.17, 15) is 14.0 Å². The molecule has 0 aliphatic carbocycles. The molecule has 0 fully saturated rings. The molecule has 0 unspecified atom stereocenters. The van der Waals surface area contributed by atoms with Crippen molar-refractivity contribution in [2.45, 2.75) is 13.0 Å². The summed E-state index contributed by atoms with van der Waals surface area (Å²) in [5.41, 5.74) is 2.05. The maximum atomic E-state index is 13.1. The minimum atomic E-state index is -0.397. The Balaban J connectivity index is 1.62. The van der Waals surface area contributed by atoms with Crippen LogP contribution >= 0.6 is 0 Å². The van der Waals surface area contributed by atoms with E-state index in [0.717, 1.165) is 5.56 Å². The summed E-state index contributed by atoms with van der Waals surface area (Å²) in [5.74, 6) is 0.517. The van der Waals surface area contributed by atoms with E-state index in [0.29, 0.717) is 41.4 Å². The van der Waals surface area contributed by atoms with Crippen LogP contribution in [0.4, 0.5) is 4.39 Å². The van der Waals surface area contributed by atoms with Gasteiger partial charge >= 0.3 is 0 Å². The van der Waals surface area contributed by atoms with Gasteiger partial charge in [0.2, 0.25) is 0 Å². The van der Waals surface area contributed by atoms with Crippen molar-refractivity contribution in [1.82, 2.24) is 14.9 Å². The summed E-state index contributed by atoms with van der Waals surface area (Å²) in [4.78, 5) is 34.3. The number of H-pyrrole nitrogens is 1. The average molecular weight is 379 g/mol. The van der Waals surface area contributed by atoms with Crippen LogP contribution in [0.2, 0.25) is 0 Å². The van der Waals surface area contributed by atoms with Crippen molar-refractivity contribution in [2.75, 3.05) is 13.7 Å². The number of nitrogens with one attached hydrogen (secondary N) is 1. The fourth-order valence-corrected chi connectivity index (χ4v) is 3.28. The summed E-state index contributed by atoms with van der Waals surface area (Å²) in [7, 11) is 1.58. The van der Waals surface area contributed by atoms with Crippen LogP contribution in [-0.4, -0.2) is 34.4 Å². The number of nitrogens with zero attached hydrogens (tertiary/aromatic N) is 2. The van der Waals surface area contributed by atoms with E-state index in [4.69, 9.17) is 4.74 Å². The van der Waals surface area contributed by atoms with Gasteiger partial charge in [0.15, 0.2) is 0 Å². The number of ether oxygens (including phenoxy) is 1. The first-order chi connectivity index (χ1) is 13.5. The lowest BCUT2D eigenvalue weighted by molar-refractivity contribution is 0.0732. The van der Waals surface area contributed by atoms with Gasteiger partial charge in [-0.15, -0.1) is 0 Å². The zero-order chi connectivity index (χ0) is 19.7. The van der Waals surface area contributed by atoms with Crippen LogP contribution in [0.15, 0.2) is 53.3 Å². The van der Waals surface area contributed by atoms with Crippen LogP contribution in [0.25, 0.3) is 11.4 Å². The van der Waals surface area contributed by atoms with Gasteiger partial charge in [-0.25, -0.2) is 9.37 Å². The topological polar surface area (TPSA) is 75.3 Å². The second-order valence-corrected chi connectivity index (χ2v) is 6.56. The van der Waals surface area contributed by atoms with E-state index in [1.54, 1.807) is 18.1 Å². The van der Waals surface area contributed by atoms with Crippen molar-refractivity contribution >= 4 is 5.91 Å². The van der Waals surface area contributed by atoms with Crippen molar-refractivity contribution in [3.63, 3.8) is 0 Å². The number of hydrogen-bond donors (Lipinski definition) is 1. The number of methoxy groups -OCH3 is 1. The molecule has 0 saturated carbocycles. The van der Waals surface area contributed by atoms with E-state index in [1.165, 1.54) is 24.3 Å². The average Bonchev–Trinajstić information content (AvgIpc) is 2.73. The Morgan fingerprint density at radius 3 is 2.75 bits per heavy atom. The van der Waals surface area contributed by atoms with Crippen molar-refractivity contribution in [3.05, 3.63) is 81.5 Å². The van der Waals surface area contributed by atoms with Gasteiger partial charge in [0.1, 0.15) is 17.4 Å². The fourth-order valence-electron chi connectivity index (χ4n) is 3.28. The maximum Gasteiger partial charge on any atom is 0.256 e. The standard InChI is InChI=1S/C21H18FN3O3/c1-28-16-4-2-3-14(11-16)19-23-18-9-10-25(12-17(18)20(26)24-19)21(27)13-5-7-15(22)8-6-13/h2-8,11H,9-10,12H2,1H3,(H,23,24,26). The van der Waals surface area contributed by atoms with Crippen LogP contribution in [0, 0.1) is 5.82 Å². The number of aromatic nitrogens is 2. The van der Waals surface area contributed by atoms with Gasteiger partial charge in [-0.05, 0) is 36.4 Å². The molecule has 142 valence electrons. The molecule has 0 bridgehead atoms. The number of halogens is 1. The molecule has 6 nitrogen and oxygen atoms in total. The molecule has 1 aliphatic heterocycles.